The van der Waals surface area contributed by atoms with E-state index in [2.05, 4.69) is 31.9 Å². The molecule has 1 aliphatic heterocycles. The minimum atomic E-state index is -1.22. The summed E-state index contributed by atoms with van der Waals surface area (Å²) >= 11 is 7.40. The van der Waals surface area contributed by atoms with Gasteiger partial charge < -0.3 is 10.5 Å². The number of halogens is 4. The summed E-state index contributed by atoms with van der Waals surface area (Å²) in [5.74, 6) is -3.56. The van der Waals surface area contributed by atoms with Crippen LogP contribution >= 0.6 is 43.2 Å². The second kappa shape index (κ2) is 9.29. The van der Waals surface area contributed by atoms with Gasteiger partial charge in [0.1, 0.15) is 22.1 Å². The maximum absolute atomic E-state index is 14.9. The Labute approximate surface area is 212 Å². The summed E-state index contributed by atoms with van der Waals surface area (Å²) in [4.78, 5) is 26.1. The third kappa shape index (κ3) is 4.02. The molecule has 6 nitrogen and oxygen atoms in total. The lowest BCUT2D eigenvalue weighted by Crippen LogP contribution is -2.40. The summed E-state index contributed by atoms with van der Waals surface area (Å²) in [6.07, 6.45) is 1.32. The molecule has 3 aromatic rings. The summed E-state index contributed by atoms with van der Waals surface area (Å²) in [6, 6.07) is 10.2. The average molecular weight is 609 g/mol. The standard InChI is InChI=1S/C23H13Br2F2N3O3S/c1-33-23(32)19-18(13-8-12(25)3-5-16(13)27)14(9-28)20(29)30-21(31)17(34-22(19)30)7-10-6-11(24)2-4-15(10)26/h2-8,18H,29H2,1H3/t18-/m0/s1. The van der Waals surface area contributed by atoms with Crippen molar-refractivity contribution in [2.45, 2.75) is 5.92 Å². The molecule has 0 spiro atoms. The molecule has 34 heavy (non-hydrogen) atoms. The maximum Gasteiger partial charge on any atom is 0.337 e. The molecular weight excluding hydrogens is 596 g/mol. The van der Waals surface area contributed by atoms with Gasteiger partial charge in [-0.05, 0) is 42.5 Å². The van der Waals surface area contributed by atoms with Gasteiger partial charge in [-0.1, -0.05) is 31.9 Å². The number of ether oxygens (including phenoxy) is 1. The number of rotatable bonds is 3. The van der Waals surface area contributed by atoms with Gasteiger partial charge in [0.15, 0.2) is 0 Å². The molecule has 0 fully saturated rings. The number of methoxy groups -OCH3 is 1. The van der Waals surface area contributed by atoms with Crippen LogP contribution in [0.4, 0.5) is 8.78 Å². The van der Waals surface area contributed by atoms with Gasteiger partial charge >= 0.3 is 5.97 Å². The molecule has 0 saturated heterocycles. The molecule has 0 bridgehead atoms. The normalized spacial score (nSPS) is 15.8. The zero-order valence-electron chi connectivity index (χ0n) is 17.2. The molecule has 11 heteroatoms. The number of esters is 1. The van der Waals surface area contributed by atoms with Crippen molar-refractivity contribution in [2.24, 2.45) is 5.73 Å². The number of thiazole rings is 1. The zero-order chi connectivity index (χ0) is 24.7. The summed E-state index contributed by atoms with van der Waals surface area (Å²) in [5.41, 5.74) is 5.38. The number of hydrogen-bond donors (Lipinski definition) is 1. The Morgan fingerprint density at radius 2 is 1.85 bits per heavy atom. The molecule has 1 aliphatic rings. The van der Waals surface area contributed by atoms with Crippen LogP contribution < -0.4 is 20.5 Å². The Hall–Kier alpha value is -3.07. The SMILES string of the molecule is COC(=O)C1=c2sc(=Cc3cc(Br)ccc3F)c(=O)n2C(N)=C(C#N)[C@@H]1c1cc(Br)ccc1F. The molecule has 4 rings (SSSR count). The fraction of sp³-hybridized carbons (Fsp3) is 0.0870. The molecule has 1 atom stereocenters. The summed E-state index contributed by atoms with van der Waals surface area (Å²) in [5, 5.41) is 9.89. The van der Waals surface area contributed by atoms with Crippen molar-refractivity contribution in [3.63, 3.8) is 0 Å². The van der Waals surface area contributed by atoms with Gasteiger partial charge in [-0.3, -0.25) is 9.36 Å². The molecule has 0 radical (unpaired) electrons. The predicted octanol–water partition coefficient (Wildman–Crippen LogP) is 3.31. The molecule has 1 aromatic heterocycles. The van der Waals surface area contributed by atoms with E-state index in [1.165, 1.54) is 42.5 Å². The lowest BCUT2D eigenvalue weighted by molar-refractivity contribution is -0.134. The van der Waals surface area contributed by atoms with Gasteiger partial charge in [0, 0.05) is 20.1 Å². The number of allylic oxidation sites excluding steroid dienone is 1. The first kappa shape index (κ1) is 24.1. The molecule has 172 valence electrons. The van der Waals surface area contributed by atoms with Crippen molar-refractivity contribution < 1.29 is 18.3 Å². The highest BCUT2D eigenvalue weighted by molar-refractivity contribution is 9.10. The third-order valence-corrected chi connectivity index (χ3v) is 7.28. The number of fused-ring (bicyclic) bond motifs is 1. The Balaban J connectivity index is 2.15. The highest BCUT2D eigenvalue weighted by Crippen LogP contribution is 2.38. The number of nitrogens with two attached hydrogens (primary N) is 1. The van der Waals surface area contributed by atoms with Crippen molar-refractivity contribution in [3.8, 4) is 6.07 Å². The van der Waals surface area contributed by atoms with Gasteiger partial charge in [0.25, 0.3) is 5.56 Å². The smallest absolute Gasteiger partial charge is 0.337 e. The minimum Gasteiger partial charge on any atom is -0.466 e. The van der Waals surface area contributed by atoms with Crippen molar-refractivity contribution in [1.82, 2.24) is 4.57 Å². The molecule has 0 unspecified atom stereocenters. The van der Waals surface area contributed by atoms with Crippen LogP contribution in [-0.2, 0) is 9.53 Å². The van der Waals surface area contributed by atoms with Gasteiger partial charge in [0.05, 0.1) is 34.8 Å². The highest BCUT2D eigenvalue weighted by atomic mass is 79.9. The van der Waals surface area contributed by atoms with Crippen LogP contribution in [-0.4, -0.2) is 17.6 Å². The fourth-order valence-electron chi connectivity index (χ4n) is 3.67. The third-order valence-electron chi connectivity index (χ3n) is 5.19. The van der Waals surface area contributed by atoms with Crippen molar-refractivity contribution in [3.05, 3.63) is 93.2 Å². The van der Waals surface area contributed by atoms with E-state index in [1.807, 2.05) is 6.07 Å². The van der Waals surface area contributed by atoms with Crippen molar-refractivity contribution in [1.29, 1.82) is 5.26 Å². The van der Waals surface area contributed by atoms with Crippen LogP contribution in [0.1, 0.15) is 17.0 Å². The largest absolute Gasteiger partial charge is 0.466 e. The topological polar surface area (TPSA) is 98.1 Å². The van der Waals surface area contributed by atoms with Crippen LogP contribution in [0.15, 0.2) is 55.7 Å². The van der Waals surface area contributed by atoms with Gasteiger partial charge in [0.2, 0.25) is 0 Å². The Bertz CT molecular complexity index is 1620. The van der Waals surface area contributed by atoms with Crippen LogP contribution in [0.2, 0.25) is 0 Å². The molecule has 0 amide bonds. The Kier molecular flexibility index (Phi) is 6.58. The van der Waals surface area contributed by atoms with Crippen LogP contribution in [0.3, 0.4) is 0 Å². The molecule has 2 aromatic carbocycles. The number of carbonyl (C=O) groups excluding carboxylic acids is 1. The van der Waals surface area contributed by atoms with E-state index in [1.54, 1.807) is 0 Å². The zero-order valence-corrected chi connectivity index (χ0v) is 21.2. The molecule has 0 aliphatic carbocycles. The number of nitriles is 1. The maximum atomic E-state index is 14.9. The van der Waals surface area contributed by atoms with E-state index in [0.29, 0.717) is 8.95 Å². The lowest BCUT2D eigenvalue weighted by Gasteiger charge is -2.24. The first-order valence-corrected chi connectivity index (χ1v) is 11.9. The van der Waals surface area contributed by atoms with Crippen LogP contribution in [0.5, 0.6) is 0 Å². The van der Waals surface area contributed by atoms with E-state index in [0.717, 1.165) is 23.0 Å². The lowest BCUT2D eigenvalue weighted by atomic mass is 9.83. The van der Waals surface area contributed by atoms with Crippen LogP contribution in [0.25, 0.3) is 17.5 Å². The first-order valence-electron chi connectivity index (χ1n) is 9.54. The molecule has 2 heterocycles. The van der Waals surface area contributed by atoms with E-state index in [9.17, 15) is 23.6 Å². The van der Waals surface area contributed by atoms with Gasteiger partial charge in [-0.2, -0.15) is 5.26 Å². The number of aromatic nitrogens is 1. The van der Waals surface area contributed by atoms with Crippen molar-refractivity contribution in [2.75, 3.05) is 7.11 Å². The number of hydrogen-bond acceptors (Lipinski definition) is 6. The molecule has 0 saturated carbocycles. The minimum absolute atomic E-state index is 0.00457. The van der Waals surface area contributed by atoms with Gasteiger partial charge in [-0.15, -0.1) is 11.3 Å². The average Bonchev–Trinajstić information content (AvgIpc) is 3.13. The second-order valence-electron chi connectivity index (χ2n) is 7.14. The molecule has 2 N–H and O–H groups in total. The van der Waals surface area contributed by atoms with E-state index < -0.39 is 29.1 Å². The van der Waals surface area contributed by atoms with E-state index >= 15 is 0 Å². The highest BCUT2D eigenvalue weighted by Gasteiger charge is 2.37. The predicted molar refractivity (Wildman–Crippen MR) is 131 cm³/mol. The second-order valence-corrected chi connectivity index (χ2v) is 10.00. The number of nitrogens with zero attached hydrogens (tertiary/aromatic N) is 2. The Morgan fingerprint density at radius 1 is 1.21 bits per heavy atom. The monoisotopic (exact) mass is 607 g/mol. The summed E-state index contributed by atoms with van der Waals surface area (Å²) in [6.45, 7) is 0. The summed E-state index contributed by atoms with van der Waals surface area (Å²) < 4.78 is 36.4. The van der Waals surface area contributed by atoms with Crippen LogP contribution in [0, 0.1) is 23.0 Å². The number of benzene rings is 2. The quantitative estimate of drug-likeness (QED) is 0.460. The first-order chi connectivity index (χ1) is 16.2. The van der Waals surface area contributed by atoms with Gasteiger partial charge in [-0.25, -0.2) is 13.6 Å². The Morgan fingerprint density at radius 3 is 2.50 bits per heavy atom. The number of carbonyl (C=O) groups is 1. The van der Waals surface area contributed by atoms with Crippen molar-refractivity contribution >= 4 is 66.6 Å². The fourth-order valence-corrected chi connectivity index (χ4v) is 5.58. The van der Waals surface area contributed by atoms with E-state index in [-0.39, 0.29) is 37.3 Å². The molecular formula is C23H13Br2F2N3O3S. The van der Waals surface area contributed by atoms with E-state index in [4.69, 9.17) is 10.5 Å². The summed E-state index contributed by atoms with van der Waals surface area (Å²) in [7, 11) is 1.14.